The van der Waals surface area contributed by atoms with Crippen LogP contribution in [0.5, 0.6) is 5.75 Å². The van der Waals surface area contributed by atoms with Crippen LogP contribution < -0.4 is 15.6 Å². The number of nitrogens with one attached hydrogen (secondary N) is 1. The van der Waals surface area contributed by atoms with Gasteiger partial charge in [-0.1, -0.05) is 25.1 Å². The van der Waals surface area contributed by atoms with E-state index in [9.17, 15) is 9.59 Å². The van der Waals surface area contributed by atoms with Gasteiger partial charge < -0.3 is 10.1 Å². The van der Waals surface area contributed by atoms with Gasteiger partial charge >= 0.3 is 5.56 Å². The Labute approximate surface area is 185 Å². The number of benzene rings is 2. The van der Waals surface area contributed by atoms with Gasteiger partial charge in [-0.25, -0.2) is 0 Å². The Morgan fingerprint density at radius 2 is 1.81 bits per heavy atom. The minimum absolute atomic E-state index is 0.0275. The second kappa shape index (κ2) is 9.47. The molecule has 1 N–H and O–H groups in total. The van der Waals surface area contributed by atoms with E-state index in [2.05, 4.69) is 15.5 Å². The second-order valence-electron chi connectivity index (χ2n) is 7.64. The summed E-state index contributed by atoms with van der Waals surface area (Å²) in [4.78, 5) is 25.3. The monoisotopic (exact) mass is 431 g/mol. The number of carbonyl (C=O) groups excluding carboxylic acids is 1. The fourth-order valence-electron chi connectivity index (χ4n) is 3.58. The minimum atomic E-state index is -0.259. The van der Waals surface area contributed by atoms with E-state index in [1.54, 1.807) is 16.8 Å². The zero-order valence-corrected chi connectivity index (χ0v) is 18.1. The first-order chi connectivity index (χ1) is 15.5. The van der Waals surface area contributed by atoms with Gasteiger partial charge in [0.2, 0.25) is 11.6 Å². The molecule has 0 saturated carbocycles. The Hall–Kier alpha value is -3.94. The smallest absolute Gasteiger partial charge is 0.300 e. The number of anilines is 1. The highest BCUT2D eigenvalue weighted by molar-refractivity contribution is 5.90. The molecular formula is C24H25N5O3. The number of hydrogen-bond acceptors (Lipinski definition) is 5. The topological polar surface area (TPSA) is 90.5 Å². The molecule has 8 heteroatoms. The highest BCUT2D eigenvalue weighted by atomic mass is 16.5. The van der Waals surface area contributed by atoms with Crippen molar-refractivity contribution in [1.82, 2.24) is 19.2 Å². The van der Waals surface area contributed by atoms with E-state index >= 15 is 0 Å². The van der Waals surface area contributed by atoms with Gasteiger partial charge in [-0.15, -0.1) is 10.2 Å². The molecule has 8 nitrogen and oxygen atoms in total. The van der Waals surface area contributed by atoms with Crippen molar-refractivity contribution in [1.29, 1.82) is 0 Å². The van der Waals surface area contributed by atoms with Gasteiger partial charge in [0.15, 0.2) is 0 Å². The summed E-state index contributed by atoms with van der Waals surface area (Å²) in [6.45, 7) is 4.48. The SMILES string of the molecule is CCOc1ccc(-n2ccn3c(C[C@@H](C)CC(=O)Nc4ccccc4)nnc3c2=O)cc1. The van der Waals surface area contributed by atoms with Crippen LogP contribution in [0.25, 0.3) is 11.3 Å². The molecule has 164 valence electrons. The van der Waals surface area contributed by atoms with Gasteiger partial charge in [0.25, 0.3) is 0 Å². The first-order valence-electron chi connectivity index (χ1n) is 10.6. The molecule has 4 rings (SSSR count). The van der Waals surface area contributed by atoms with Gasteiger partial charge in [0, 0.05) is 36.6 Å². The molecule has 4 aromatic rings. The van der Waals surface area contributed by atoms with Crippen LogP contribution in [0.4, 0.5) is 5.69 Å². The number of nitrogens with zero attached hydrogens (tertiary/aromatic N) is 4. The second-order valence-corrected chi connectivity index (χ2v) is 7.64. The third-order valence-corrected chi connectivity index (χ3v) is 5.09. The number of amides is 1. The summed E-state index contributed by atoms with van der Waals surface area (Å²) in [6, 6.07) is 16.7. The molecule has 2 aromatic heterocycles. The number of rotatable bonds is 8. The predicted octanol–water partition coefficient (Wildman–Crippen LogP) is 3.49. The number of hydrogen-bond donors (Lipinski definition) is 1. The van der Waals surface area contributed by atoms with Crippen LogP contribution >= 0.6 is 0 Å². The standard InChI is InChI=1S/C24H25N5O3/c1-3-32-20-11-9-19(10-12-20)28-13-14-29-21(26-27-23(29)24(28)31)15-17(2)16-22(30)25-18-7-5-4-6-8-18/h4-14,17H,3,15-16H2,1-2H3,(H,25,30)/t17-/m1/s1. The van der Waals surface area contributed by atoms with E-state index in [1.165, 1.54) is 4.57 Å². The lowest BCUT2D eigenvalue weighted by Gasteiger charge is -2.11. The van der Waals surface area contributed by atoms with E-state index in [-0.39, 0.29) is 23.0 Å². The maximum atomic E-state index is 13.0. The van der Waals surface area contributed by atoms with Crippen molar-refractivity contribution in [2.24, 2.45) is 5.92 Å². The van der Waals surface area contributed by atoms with Crippen molar-refractivity contribution in [3.63, 3.8) is 0 Å². The molecule has 0 aliphatic rings. The Morgan fingerprint density at radius 1 is 1.06 bits per heavy atom. The fourth-order valence-corrected chi connectivity index (χ4v) is 3.58. The lowest BCUT2D eigenvalue weighted by atomic mass is 10.0. The van der Waals surface area contributed by atoms with E-state index in [1.807, 2.05) is 68.4 Å². The molecule has 0 radical (unpaired) electrons. The van der Waals surface area contributed by atoms with Gasteiger partial charge in [-0.05, 0) is 49.2 Å². The van der Waals surface area contributed by atoms with Crippen LogP contribution in [-0.2, 0) is 11.2 Å². The van der Waals surface area contributed by atoms with Gasteiger partial charge in [0.1, 0.15) is 11.6 Å². The summed E-state index contributed by atoms with van der Waals surface area (Å²) >= 11 is 0. The zero-order chi connectivity index (χ0) is 22.5. The summed E-state index contributed by atoms with van der Waals surface area (Å²) in [5.41, 5.74) is 1.48. The molecule has 0 fully saturated rings. The summed E-state index contributed by atoms with van der Waals surface area (Å²) < 4.78 is 8.68. The lowest BCUT2D eigenvalue weighted by molar-refractivity contribution is -0.116. The molecule has 0 bridgehead atoms. The lowest BCUT2D eigenvalue weighted by Crippen LogP contribution is -2.21. The first kappa shape index (κ1) is 21.3. The summed E-state index contributed by atoms with van der Waals surface area (Å²) in [5, 5.41) is 11.2. The largest absolute Gasteiger partial charge is 0.494 e. The molecule has 32 heavy (non-hydrogen) atoms. The van der Waals surface area contributed by atoms with E-state index in [0.29, 0.717) is 25.3 Å². The average molecular weight is 431 g/mol. The fraction of sp³-hybridized carbons (Fsp3) is 0.250. The molecule has 0 unspecified atom stereocenters. The molecule has 1 atom stereocenters. The Bertz CT molecular complexity index is 1260. The van der Waals surface area contributed by atoms with Crippen molar-refractivity contribution >= 4 is 17.2 Å². The van der Waals surface area contributed by atoms with E-state index < -0.39 is 0 Å². The highest BCUT2D eigenvalue weighted by Gasteiger charge is 2.16. The quantitative estimate of drug-likeness (QED) is 0.461. The maximum Gasteiger partial charge on any atom is 0.300 e. The van der Waals surface area contributed by atoms with Gasteiger partial charge in [0.05, 0.1) is 6.61 Å². The molecule has 0 aliphatic heterocycles. The first-order valence-corrected chi connectivity index (χ1v) is 10.6. The van der Waals surface area contributed by atoms with Crippen LogP contribution in [0.2, 0.25) is 0 Å². The van der Waals surface area contributed by atoms with Crippen LogP contribution in [0.15, 0.2) is 71.8 Å². The Morgan fingerprint density at radius 3 is 2.53 bits per heavy atom. The summed E-state index contributed by atoms with van der Waals surface area (Å²) in [7, 11) is 0. The van der Waals surface area contributed by atoms with Crippen molar-refractivity contribution < 1.29 is 9.53 Å². The normalized spacial score (nSPS) is 11.9. The number of fused-ring (bicyclic) bond motifs is 1. The zero-order valence-electron chi connectivity index (χ0n) is 18.1. The molecule has 1 amide bonds. The third-order valence-electron chi connectivity index (χ3n) is 5.09. The summed E-state index contributed by atoms with van der Waals surface area (Å²) in [6.07, 6.45) is 4.34. The van der Waals surface area contributed by atoms with Gasteiger partial charge in [-0.2, -0.15) is 0 Å². The maximum absolute atomic E-state index is 13.0. The van der Waals surface area contributed by atoms with Crippen LogP contribution in [-0.4, -0.2) is 31.7 Å². The van der Waals surface area contributed by atoms with Crippen molar-refractivity contribution in [3.8, 4) is 11.4 Å². The van der Waals surface area contributed by atoms with Crippen LogP contribution in [0, 0.1) is 5.92 Å². The molecule has 0 aliphatic carbocycles. The molecular weight excluding hydrogens is 406 g/mol. The van der Waals surface area contributed by atoms with Crippen molar-refractivity contribution in [2.45, 2.75) is 26.7 Å². The number of carbonyl (C=O) groups is 1. The van der Waals surface area contributed by atoms with Crippen molar-refractivity contribution in [3.05, 3.63) is 83.2 Å². The van der Waals surface area contributed by atoms with Crippen molar-refractivity contribution in [2.75, 3.05) is 11.9 Å². The van der Waals surface area contributed by atoms with Crippen LogP contribution in [0.1, 0.15) is 26.1 Å². The molecule has 0 spiro atoms. The van der Waals surface area contributed by atoms with E-state index in [4.69, 9.17) is 4.74 Å². The predicted molar refractivity (Wildman–Crippen MR) is 122 cm³/mol. The number of aromatic nitrogens is 4. The number of ether oxygens (including phenoxy) is 1. The summed E-state index contributed by atoms with van der Waals surface area (Å²) in [5.74, 6) is 1.37. The Kier molecular flexibility index (Phi) is 6.30. The number of para-hydroxylation sites is 1. The Balaban J connectivity index is 1.48. The minimum Gasteiger partial charge on any atom is -0.494 e. The molecule has 0 saturated heterocycles. The molecule has 2 aromatic carbocycles. The molecule has 2 heterocycles. The average Bonchev–Trinajstić information content (AvgIpc) is 3.19. The highest BCUT2D eigenvalue weighted by Crippen LogP contribution is 2.16. The van der Waals surface area contributed by atoms with Gasteiger partial charge in [-0.3, -0.25) is 18.6 Å². The van der Waals surface area contributed by atoms with E-state index in [0.717, 1.165) is 17.1 Å². The van der Waals surface area contributed by atoms with Crippen LogP contribution in [0.3, 0.4) is 0 Å². The third kappa shape index (κ3) is 4.69.